The minimum Gasteiger partial charge on any atom is -0.549 e. The quantitative estimate of drug-likeness (QED) is 0.664. The molecule has 2 atom stereocenters. The first-order valence-corrected chi connectivity index (χ1v) is 4.86. The zero-order valence-electron chi connectivity index (χ0n) is 9.23. The molecule has 0 fully saturated rings. The smallest absolute Gasteiger partial charge is 0.246 e. The van der Waals surface area contributed by atoms with Gasteiger partial charge < -0.3 is 20.0 Å². The molecular formula is C11H14NO4-. The molecule has 0 aromatic carbocycles. The molecule has 0 aromatic heterocycles. The predicted molar refractivity (Wildman–Crippen MR) is 55.2 cm³/mol. The zero-order valence-corrected chi connectivity index (χ0v) is 9.23. The van der Waals surface area contributed by atoms with E-state index >= 15 is 0 Å². The Kier molecular flexibility index (Phi) is 3.84. The van der Waals surface area contributed by atoms with E-state index in [9.17, 15) is 14.7 Å². The molecule has 0 aliphatic heterocycles. The van der Waals surface area contributed by atoms with Gasteiger partial charge in [-0.05, 0) is 6.92 Å². The first-order valence-electron chi connectivity index (χ1n) is 4.86. The first kappa shape index (κ1) is 12.4. The van der Waals surface area contributed by atoms with E-state index in [-0.39, 0.29) is 12.5 Å². The molecule has 0 saturated heterocycles. The second kappa shape index (κ2) is 4.94. The van der Waals surface area contributed by atoms with Gasteiger partial charge in [0.2, 0.25) is 5.91 Å². The van der Waals surface area contributed by atoms with Crippen molar-refractivity contribution in [3.05, 3.63) is 24.3 Å². The summed E-state index contributed by atoms with van der Waals surface area (Å²) in [7, 11) is 1.40. The fourth-order valence-corrected chi connectivity index (χ4v) is 1.64. The standard InChI is InChI=1S/C11H15NO4/c1-11(12-9(13)7-16-2)6-4-3-5-8(11)10(14)15/h3-6,8H,7H2,1-2H3,(H,12,13)(H,14,15)/p-1. The molecule has 1 rings (SSSR count). The van der Waals surface area contributed by atoms with Crippen LogP contribution in [0.4, 0.5) is 0 Å². The Morgan fingerprint density at radius 3 is 2.75 bits per heavy atom. The van der Waals surface area contributed by atoms with Gasteiger partial charge in [-0.2, -0.15) is 0 Å². The average Bonchev–Trinajstić information content (AvgIpc) is 2.17. The molecule has 0 aromatic rings. The van der Waals surface area contributed by atoms with Gasteiger partial charge in [0.15, 0.2) is 0 Å². The van der Waals surface area contributed by atoms with Crippen molar-refractivity contribution in [1.82, 2.24) is 5.32 Å². The lowest BCUT2D eigenvalue weighted by Crippen LogP contribution is -2.56. The minimum atomic E-state index is -1.22. The highest BCUT2D eigenvalue weighted by Crippen LogP contribution is 2.23. The van der Waals surface area contributed by atoms with E-state index in [1.165, 1.54) is 13.2 Å². The second-order valence-corrected chi connectivity index (χ2v) is 3.80. The number of ether oxygens (including phenoxy) is 1. The van der Waals surface area contributed by atoms with Crippen LogP contribution in [0, 0.1) is 5.92 Å². The van der Waals surface area contributed by atoms with Crippen LogP contribution < -0.4 is 10.4 Å². The maximum atomic E-state index is 11.4. The summed E-state index contributed by atoms with van der Waals surface area (Å²) in [4.78, 5) is 22.3. The van der Waals surface area contributed by atoms with Gasteiger partial charge in [0.05, 0.1) is 11.5 Å². The van der Waals surface area contributed by atoms with E-state index < -0.39 is 17.4 Å². The van der Waals surface area contributed by atoms with Crippen molar-refractivity contribution in [3.63, 3.8) is 0 Å². The summed E-state index contributed by atoms with van der Waals surface area (Å²) in [6, 6.07) is 0. The van der Waals surface area contributed by atoms with Crippen LogP contribution >= 0.6 is 0 Å². The molecule has 0 radical (unpaired) electrons. The summed E-state index contributed by atoms with van der Waals surface area (Å²) in [6.45, 7) is 1.52. The largest absolute Gasteiger partial charge is 0.549 e. The number of hydrogen-bond donors (Lipinski definition) is 1. The van der Waals surface area contributed by atoms with Crippen LogP contribution in [0.1, 0.15) is 6.92 Å². The Bertz CT molecular complexity index is 348. The number of amides is 1. The Labute approximate surface area is 93.8 Å². The fourth-order valence-electron chi connectivity index (χ4n) is 1.64. The van der Waals surface area contributed by atoms with Crippen molar-refractivity contribution in [1.29, 1.82) is 0 Å². The molecule has 0 spiro atoms. The predicted octanol–water partition coefficient (Wildman–Crippen LogP) is -1.00. The highest BCUT2D eigenvalue weighted by molar-refractivity contribution is 5.81. The summed E-state index contributed by atoms with van der Waals surface area (Å²) < 4.78 is 4.67. The van der Waals surface area contributed by atoms with Gasteiger partial charge in [-0.15, -0.1) is 0 Å². The number of nitrogens with one attached hydrogen (secondary N) is 1. The van der Waals surface area contributed by atoms with Crippen molar-refractivity contribution in [3.8, 4) is 0 Å². The average molecular weight is 224 g/mol. The van der Waals surface area contributed by atoms with Gasteiger partial charge in [0.25, 0.3) is 0 Å². The molecule has 1 N–H and O–H groups in total. The zero-order chi connectivity index (χ0) is 12.2. The summed E-state index contributed by atoms with van der Waals surface area (Å²) in [5, 5.41) is 13.5. The highest BCUT2D eigenvalue weighted by atomic mass is 16.5. The number of carbonyl (C=O) groups is 2. The van der Waals surface area contributed by atoms with Crippen LogP contribution in [-0.2, 0) is 14.3 Å². The van der Waals surface area contributed by atoms with E-state index in [4.69, 9.17) is 0 Å². The summed E-state index contributed by atoms with van der Waals surface area (Å²) in [5.41, 5.74) is -0.969. The Hall–Kier alpha value is -1.62. The maximum Gasteiger partial charge on any atom is 0.246 e. The monoisotopic (exact) mass is 224 g/mol. The molecule has 88 valence electrons. The van der Waals surface area contributed by atoms with E-state index in [2.05, 4.69) is 10.1 Å². The Morgan fingerprint density at radius 2 is 2.19 bits per heavy atom. The van der Waals surface area contributed by atoms with Crippen molar-refractivity contribution < 1.29 is 19.4 Å². The van der Waals surface area contributed by atoms with E-state index in [1.54, 1.807) is 25.2 Å². The van der Waals surface area contributed by atoms with Gasteiger partial charge in [-0.25, -0.2) is 0 Å². The third-order valence-electron chi connectivity index (χ3n) is 2.44. The van der Waals surface area contributed by atoms with Crippen LogP contribution in [-0.4, -0.2) is 31.1 Å². The Balaban J connectivity index is 2.80. The van der Waals surface area contributed by atoms with E-state index in [0.717, 1.165) is 0 Å². The SMILES string of the molecule is COCC(=O)NC1(C)C=CC=CC1C(=O)[O-]. The number of carbonyl (C=O) groups excluding carboxylic acids is 2. The number of rotatable bonds is 4. The van der Waals surface area contributed by atoms with Gasteiger partial charge in [0.1, 0.15) is 6.61 Å². The van der Waals surface area contributed by atoms with Crippen LogP contribution in [0.2, 0.25) is 0 Å². The molecule has 0 heterocycles. The van der Waals surface area contributed by atoms with Crippen LogP contribution in [0.25, 0.3) is 0 Å². The topological polar surface area (TPSA) is 78.5 Å². The van der Waals surface area contributed by atoms with Crippen molar-refractivity contribution in [2.75, 3.05) is 13.7 Å². The van der Waals surface area contributed by atoms with Crippen molar-refractivity contribution in [2.24, 2.45) is 5.92 Å². The molecular weight excluding hydrogens is 210 g/mol. The molecule has 16 heavy (non-hydrogen) atoms. The molecule has 0 bridgehead atoms. The minimum absolute atomic E-state index is 0.104. The van der Waals surface area contributed by atoms with E-state index in [1.807, 2.05) is 0 Å². The highest BCUT2D eigenvalue weighted by Gasteiger charge is 2.33. The number of carboxylic acid groups (broad SMARTS) is 1. The number of methoxy groups -OCH3 is 1. The molecule has 2 unspecified atom stereocenters. The van der Waals surface area contributed by atoms with E-state index in [0.29, 0.717) is 0 Å². The number of aliphatic carboxylic acids is 1. The second-order valence-electron chi connectivity index (χ2n) is 3.80. The summed E-state index contributed by atoms with van der Waals surface area (Å²) in [5.74, 6) is -2.46. The molecule has 5 nitrogen and oxygen atoms in total. The van der Waals surface area contributed by atoms with Gasteiger partial charge in [-0.1, -0.05) is 24.3 Å². The van der Waals surface area contributed by atoms with Gasteiger partial charge in [0, 0.05) is 13.0 Å². The third-order valence-corrected chi connectivity index (χ3v) is 2.44. The summed E-state index contributed by atoms with van der Waals surface area (Å²) in [6.07, 6.45) is 6.42. The molecule has 1 amide bonds. The molecule has 0 saturated carbocycles. The molecule has 5 heteroatoms. The number of hydrogen-bond acceptors (Lipinski definition) is 4. The molecule has 1 aliphatic carbocycles. The lowest BCUT2D eigenvalue weighted by atomic mass is 9.82. The normalized spacial score (nSPS) is 27.8. The first-order chi connectivity index (χ1) is 7.49. The third kappa shape index (κ3) is 2.70. The lowest BCUT2D eigenvalue weighted by molar-refractivity contribution is -0.311. The lowest BCUT2D eigenvalue weighted by Gasteiger charge is -2.36. The number of allylic oxidation sites excluding steroid dienone is 2. The van der Waals surface area contributed by atoms with Crippen molar-refractivity contribution in [2.45, 2.75) is 12.5 Å². The van der Waals surface area contributed by atoms with Crippen LogP contribution in [0.5, 0.6) is 0 Å². The van der Waals surface area contributed by atoms with Crippen molar-refractivity contribution >= 4 is 11.9 Å². The van der Waals surface area contributed by atoms with Crippen LogP contribution in [0.15, 0.2) is 24.3 Å². The Morgan fingerprint density at radius 1 is 1.50 bits per heavy atom. The van der Waals surface area contributed by atoms with Crippen LogP contribution in [0.3, 0.4) is 0 Å². The summed E-state index contributed by atoms with van der Waals surface area (Å²) >= 11 is 0. The van der Waals surface area contributed by atoms with Gasteiger partial charge >= 0.3 is 0 Å². The fraction of sp³-hybridized carbons (Fsp3) is 0.455. The number of carboxylic acids is 1. The molecule has 1 aliphatic rings. The van der Waals surface area contributed by atoms with Gasteiger partial charge in [-0.3, -0.25) is 4.79 Å². The maximum absolute atomic E-state index is 11.4.